The summed E-state index contributed by atoms with van der Waals surface area (Å²) in [5, 5.41) is 4.32. The van der Waals surface area contributed by atoms with E-state index in [1.54, 1.807) is 13.3 Å². The first-order valence-corrected chi connectivity index (χ1v) is 7.48. The average molecular weight is 279 g/mol. The zero-order valence-corrected chi connectivity index (χ0v) is 12.8. The highest BCUT2D eigenvalue weighted by atomic mass is 16.5. The largest absolute Gasteiger partial charge is 0.383 e. The van der Waals surface area contributed by atoms with Gasteiger partial charge in [0.2, 0.25) is 0 Å². The minimum absolute atomic E-state index is 0.0915. The summed E-state index contributed by atoms with van der Waals surface area (Å²) in [6.07, 6.45) is 5.21. The van der Waals surface area contributed by atoms with Gasteiger partial charge in [-0.3, -0.25) is 9.48 Å². The number of ether oxygens (including phenoxy) is 1. The molecule has 1 aliphatic carbocycles. The summed E-state index contributed by atoms with van der Waals surface area (Å²) in [6, 6.07) is 0. The Kier molecular flexibility index (Phi) is 5.17. The maximum atomic E-state index is 12.7. The van der Waals surface area contributed by atoms with Crippen molar-refractivity contribution in [1.82, 2.24) is 14.7 Å². The minimum atomic E-state index is 0.0915. The first kappa shape index (κ1) is 15.0. The van der Waals surface area contributed by atoms with Crippen molar-refractivity contribution in [3.8, 4) is 0 Å². The van der Waals surface area contributed by atoms with Crippen molar-refractivity contribution in [1.29, 1.82) is 0 Å². The van der Waals surface area contributed by atoms with E-state index in [0.717, 1.165) is 30.8 Å². The Hall–Kier alpha value is -1.36. The molecule has 0 saturated heterocycles. The van der Waals surface area contributed by atoms with E-state index < -0.39 is 0 Å². The van der Waals surface area contributed by atoms with E-state index in [0.29, 0.717) is 19.1 Å². The topological polar surface area (TPSA) is 47.4 Å². The van der Waals surface area contributed by atoms with Gasteiger partial charge in [0.25, 0.3) is 5.91 Å². The van der Waals surface area contributed by atoms with E-state index in [-0.39, 0.29) is 5.91 Å². The van der Waals surface area contributed by atoms with Gasteiger partial charge < -0.3 is 9.64 Å². The monoisotopic (exact) mass is 279 g/mol. The molecule has 20 heavy (non-hydrogen) atoms. The van der Waals surface area contributed by atoms with Crippen LogP contribution in [0.5, 0.6) is 0 Å². The highest BCUT2D eigenvalue weighted by Crippen LogP contribution is 2.30. The third kappa shape index (κ3) is 3.60. The minimum Gasteiger partial charge on any atom is -0.383 e. The zero-order valence-electron chi connectivity index (χ0n) is 12.8. The van der Waals surface area contributed by atoms with Crippen molar-refractivity contribution in [2.45, 2.75) is 39.7 Å². The quantitative estimate of drug-likeness (QED) is 0.732. The second kappa shape index (κ2) is 6.88. The van der Waals surface area contributed by atoms with Crippen molar-refractivity contribution < 1.29 is 9.53 Å². The lowest BCUT2D eigenvalue weighted by Crippen LogP contribution is -2.35. The van der Waals surface area contributed by atoms with Crippen LogP contribution in [0.1, 0.15) is 42.2 Å². The Morgan fingerprint density at radius 1 is 1.55 bits per heavy atom. The van der Waals surface area contributed by atoms with Gasteiger partial charge in [-0.1, -0.05) is 6.92 Å². The first-order valence-electron chi connectivity index (χ1n) is 7.48. The molecule has 1 heterocycles. The molecule has 0 unspecified atom stereocenters. The van der Waals surface area contributed by atoms with Gasteiger partial charge in [-0.05, 0) is 32.1 Å². The van der Waals surface area contributed by atoms with Crippen LogP contribution < -0.4 is 0 Å². The number of hydrogen-bond donors (Lipinski definition) is 0. The normalized spacial score (nSPS) is 14.6. The Balaban J connectivity index is 2.08. The Bertz CT molecular complexity index is 452. The van der Waals surface area contributed by atoms with Gasteiger partial charge >= 0.3 is 0 Å². The maximum absolute atomic E-state index is 12.7. The van der Waals surface area contributed by atoms with Crippen molar-refractivity contribution >= 4 is 5.91 Å². The molecular formula is C15H25N3O2. The smallest absolute Gasteiger partial charge is 0.257 e. The summed E-state index contributed by atoms with van der Waals surface area (Å²) >= 11 is 0. The van der Waals surface area contributed by atoms with Crippen LogP contribution in [0.25, 0.3) is 0 Å². The fourth-order valence-corrected chi connectivity index (χ4v) is 2.35. The molecule has 1 saturated carbocycles. The molecule has 5 nitrogen and oxygen atoms in total. The number of carbonyl (C=O) groups excluding carboxylic acids is 1. The second-order valence-electron chi connectivity index (χ2n) is 5.55. The molecule has 0 radical (unpaired) electrons. The van der Waals surface area contributed by atoms with Crippen LogP contribution in [0.3, 0.4) is 0 Å². The van der Waals surface area contributed by atoms with E-state index in [1.807, 2.05) is 16.5 Å². The van der Waals surface area contributed by atoms with E-state index >= 15 is 0 Å². The number of nitrogens with zero attached hydrogens (tertiary/aromatic N) is 3. The van der Waals surface area contributed by atoms with Crippen molar-refractivity contribution in [2.24, 2.45) is 5.92 Å². The molecule has 5 heteroatoms. The van der Waals surface area contributed by atoms with Gasteiger partial charge in [0.1, 0.15) is 0 Å². The van der Waals surface area contributed by atoms with Gasteiger partial charge in [0.05, 0.1) is 18.4 Å². The van der Waals surface area contributed by atoms with Crippen LogP contribution in [0, 0.1) is 12.8 Å². The van der Waals surface area contributed by atoms with E-state index in [1.165, 1.54) is 12.8 Å². The van der Waals surface area contributed by atoms with Crippen LogP contribution in [0.4, 0.5) is 0 Å². The molecule has 112 valence electrons. The lowest BCUT2D eigenvalue weighted by atomic mass is 10.2. The molecule has 1 fully saturated rings. The molecule has 0 N–H and O–H groups in total. The van der Waals surface area contributed by atoms with Gasteiger partial charge in [-0.15, -0.1) is 0 Å². The van der Waals surface area contributed by atoms with Gasteiger partial charge in [0.15, 0.2) is 0 Å². The van der Waals surface area contributed by atoms with Crippen molar-refractivity contribution in [3.63, 3.8) is 0 Å². The molecule has 1 aromatic heterocycles. The Morgan fingerprint density at radius 3 is 2.90 bits per heavy atom. The maximum Gasteiger partial charge on any atom is 0.257 e. The third-order valence-corrected chi connectivity index (χ3v) is 3.80. The molecule has 0 bridgehead atoms. The van der Waals surface area contributed by atoms with Crippen molar-refractivity contribution in [2.75, 3.05) is 26.8 Å². The van der Waals surface area contributed by atoms with Crippen LogP contribution in [0.15, 0.2) is 6.20 Å². The van der Waals surface area contributed by atoms with E-state index in [2.05, 4.69) is 12.0 Å². The summed E-state index contributed by atoms with van der Waals surface area (Å²) in [4.78, 5) is 14.6. The SMILES string of the molecule is CCCn1ncc(C(=O)N(CCOC)CC2CC2)c1C. The standard InChI is InChI=1S/C15H25N3O2/c1-4-7-18-12(2)14(10-16-18)15(19)17(8-9-20-3)11-13-5-6-13/h10,13H,4-9,11H2,1-3H3. The van der Waals surface area contributed by atoms with Crippen LogP contribution >= 0.6 is 0 Å². The number of hydrogen-bond acceptors (Lipinski definition) is 3. The van der Waals surface area contributed by atoms with Crippen LogP contribution in [0.2, 0.25) is 0 Å². The van der Waals surface area contributed by atoms with E-state index in [9.17, 15) is 4.79 Å². The molecule has 2 rings (SSSR count). The summed E-state index contributed by atoms with van der Waals surface area (Å²) in [5.41, 5.74) is 1.70. The number of carbonyl (C=O) groups is 1. The number of methoxy groups -OCH3 is 1. The molecule has 0 spiro atoms. The van der Waals surface area contributed by atoms with Gasteiger partial charge in [0, 0.05) is 32.4 Å². The molecule has 0 aromatic carbocycles. The fourth-order valence-electron chi connectivity index (χ4n) is 2.35. The number of rotatable bonds is 8. The lowest BCUT2D eigenvalue weighted by Gasteiger charge is -2.22. The van der Waals surface area contributed by atoms with Crippen LogP contribution in [-0.2, 0) is 11.3 Å². The van der Waals surface area contributed by atoms with Crippen LogP contribution in [-0.4, -0.2) is 47.4 Å². The van der Waals surface area contributed by atoms with Crippen molar-refractivity contribution in [3.05, 3.63) is 17.5 Å². The summed E-state index contributed by atoms with van der Waals surface area (Å²) in [6.45, 7) is 7.04. The fraction of sp³-hybridized carbons (Fsp3) is 0.733. The summed E-state index contributed by atoms with van der Waals surface area (Å²) in [5.74, 6) is 0.774. The second-order valence-corrected chi connectivity index (χ2v) is 5.55. The molecule has 1 aliphatic rings. The van der Waals surface area contributed by atoms with Gasteiger partial charge in [-0.2, -0.15) is 5.10 Å². The summed E-state index contributed by atoms with van der Waals surface area (Å²) in [7, 11) is 1.67. The molecule has 0 atom stereocenters. The number of amides is 1. The highest BCUT2D eigenvalue weighted by molar-refractivity contribution is 5.95. The lowest BCUT2D eigenvalue weighted by molar-refractivity contribution is 0.0685. The Labute approximate surface area is 120 Å². The predicted octanol–water partition coefficient (Wildman–Crippen LogP) is 2.10. The first-order chi connectivity index (χ1) is 9.67. The molecule has 1 amide bonds. The van der Waals surface area contributed by atoms with Gasteiger partial charge in [-0.25, -0.2) is 0 Å². The number of aromatic nitrogens is 2. The third-order valence-electron chi connectivity index (χ3n) is 3.80. The molecular weight excluding hydrogens is 254 g/mol. The molecule has 1 aromatic rings. The molecule has 0 aliphatic heterocycles. The number of aryl methyl sites for hydroxylation is 1. The Morgan fingerprint density at radius 2 is 2.30 bits per heavy atom. The average Bonchev–Trinajstić information content (AvgIpc) is 3.19. The van der Waals surface area contributed by atoms with E-state index in [4.69, 9.17) is 4.74 Å². The summed E-state index contributed by atoms with van der Waals surface area (Å²) < 4.78 is 7.04. The highest BCUT2D eigenvalue weighted by Gasteiger charge is 2.28. The zero-order chi connectivity index (χ0) is 14.5. The predicted molar refractivity (Wildman–Crippen MR) is 77.8 cm³/mol.